The topological polar surface area (TPSA) is 75.7 Å². The van der Waals surface area contributed by atoms with E-state index in [0.717, 1.165) is 0 Å². The second-order valence-electron chi connectivity index (χ2n) is 2.83. The Morgan fingerprint density at radius 2 is 2.21 bits per heavy atom. The third-order valence-electron chi connectivity index (χ3n) is 1.89. The first-order valence-corrected chi connectivity index (χ1v) is 4.82. The summed E-state index contributed by atoms with van der Waals surface area (Å²) >= 11 is 3.28. The van der Waals surface area contributed by atoms with Crippen LogP contribution in [0.5, 0.6) is 11.5 Å². The maximum absolute atomic E-state index is 9.48. The van der Waals surface area contributed by atoms with Crippen molar-refractivity contribution >= 4 is 15.9 Å². The molecule has 0 spiro atoms. The van der Waals surface area contributed by atoms with Gasteiger partial charge < -0.3 is 20.7 Å². The predicted octanol–water partition coefficient (Wildman–Crippen LogP) is 1.16. The minimum absolute atomic E-state index is 0.00889. The Bertz CT molecular complexity index is 330. The zero-order valence-corrected chi connectivity index (χ0v) is 9.28. The van der Waals surface area contributed by atoms with Crippen LogP contribution in [-0.2, 0) is 0 Å². The lowest BCUT2D eigenvalue weighted by Crippen LogP contribution is -2.15. The molecule has 4 N–H and O–H groups in total. The first-order chi connectivity index (χ1) is 6.60. The molecule has 1 rings (SSSR count). The van der Waals surface area contributed by atoms with E-state index in [9.17, 15) is 5.11 Å². The lowest BCUT2D eigenvalue weighted by molar-refractivity contribution is 0.267. The highest BCUT2D eigenvalue weighted by molar-refractivity contribution is 9.10. The van der Waals surface area contributed by atoms with Crippen LogP contribution in [0.4, 0.5) is 0 Å². The van der Waals surface area contributed by atoms with Gasteiger partial charge in [-0.05, 0) is 17.7 Å². The summed E-state index contributed by atoms with van der Waals surface area (Å²) in [6.45, 7) is -0.176. The molecule has 1 aromatic carbocycles. The summed E-state index contributed by atoms with van der Waals surface area (Å²) in [5, 5.41) is 18.3. The molecule has 0 radical (unpaired) electrons. The van der Waals surface area contributed by atoms with E-state index in [0.29, 0.717) is 15.8 Å². The van der Waals surface area contributed by atoms with Crippen molar-refractivity contribution < 1.29 is 14.9 Å². The molecule has 0 aromatic heterocycles. The fourth-order valence-corrected chi connectivity index (χ4v) is 1.72. The first kappa shape index (κ1) is 11.3. The highest BCUT2D eigenvalue weighted by atomic mass is 79.9. The summed E-state index contributed by atoms with van der Waals surface area (Å²) in [5.74, 6) is 0.375. The third-order valence-corrected chi connectivity index (χ3v) is 2.58. The number of rotatable bonds is 3. The van der Waals surface area contributed by atoms with Gasteiger partial charge in [0, 0.05) is 4.47 Å². The number of benzene rings is 1. The number of aromatic hydroxyl groups is 1. The second kappa shape index (κ2) is 4.63. The molecule has 0 saturated carbocycles. The molecule has 0 fully saturated rings. The van der Waals surface area contributed by atoms with Crippen molar-refractivity contribution in [2.24, 2.45) is 5.73 Å². The Morgan fingerprint density at radius 1 is 1.57 bits per heavy atom. The molecule has 5 heteroatoms. The molecule has 0 bridgehead atoms. The molecule has 0 unspecified atom stereocenters. The molecule has 0 aliphatic rings. The predicted molar refractivity (Wildman–Crippen MR) is 56.4 cm³/mol. The minimum Gasteiger partial charge on any atom is -0.504 e. The van der Waals surface area contributed by atoms with E-state index in [2.05, 4.69) is 15.9 Å². The monoisotopic (exact) mass is 261 g/mol. The van der Waals surface area contributed by atoms with Gasteiger partial charge in [0.15, 0.2) is 11.5 Å². The van der Waals surface area contributed by atoms with Crippen LogP contribution in [0.15, 0.2) is 16.6 Å². The van der Waals surface area contributed by atoms with Gasteiger partial charge in [-0.2, -0.15) is 0 Å². The smallest absolute Gasteiger partial charge is 0.161 e. The van der Waals surface area contributed by atoms with Crippen LogP contribution in [0.2, 0.25) is 0 Å². The Hall–Kier alpha value is -0.780. The van der Waals surface area contributed by atoms with Crippen LogP contribution in [0.3, 0.4) is 0 Å². The molecule has 4 nitrogen and oxygen atoms in total. The average molecular weight is 262 g/mol. The maximum Gasteiger partial charge on any atom is 0.161 e. The zero-order valence-electron chi connectivity index (χ0n) is 7.70. The molecular weight excluding hydrogens is 250 g/mol. The number of hydrogen-bond acceptors (Lipinski definition) is 4. The van der Waals surface area contributed by atoms with Crippen LogP contribution >= 0.6 is 15.9 Å². The quantitative estimate of drug-likeness (QED) is 0.763. The van der Waals surface area contributed by atoms with E-state index in [-0.39, 0.29) is 12.4 Å². The highest BCUT2D eigenvalue weighted by Gasteiger charge is 2.13. The highest BCUT2D eigenvalue weighted by Crippen LogP contribution is 2.34. The number of aliphatic hydroxyl groups is 1. The summed E-state index contributed by atoms with van der Waals surface area (Å²) in [4.78, 5) is 0. The van der Waals surface area contributed by atoms with E-state index in [4.69, 9.17) is 15.6 Å². The molecule has 0 amide bonds. The number of aliphatic hydroxyl groups excluding tert-OH is 1. The Labute approximate surface area is 90.4 Å². The summed E-state index contributed by atoms with van der Waals surface area (Å²) < 4.78 is 5.61. The summed E-state index contributed by atoms with van der Waals surface area (Å²) in [6.07, 6.45) is 0. The van der Waals surface area contributed by atoms with Crippen molar-refractivity contribution in [2.45, 2.75) is 6.04 Å². The summed E-state index contributed by atoms with van der Waals surface area (Å²) in [5.41, 5.74) is 6.27. The Kier molecular flexibility index (Phi) is 3.74. The molecule has 1 aromatic rings. The van der Waals surface area contributed by atoms with Gasteiger partial charge in [-0.25, -0.2) is 0 Å². The fourth-order valence-electron chi connectivity index (χ4n) is 1.11. The van der Waals surface area contributed by atoms with Gasteiger partial charge in [0.25, 0.3) is 0 Å². The molecule has 0 aliphatic carbocycles. The van der Waals surface area contributed by atoms with Crippen LogP contribution in [0, 0.1) is 0 Å². The summed E-state index contributed by atoms with van der Waals surface area (Å²) in [7, 11) is 1.47. The van der Waals surface area contributed by atoms with Gasteiger partial charge in [-0.15, -0.1) is 0 Å². The van der Waals surface area contributed by atoms with E-state index < -0.39 is 6.04 Å². The fraction of sp³-hybridized carbons (Fsp3) is 0.333. The number of hydrogen-bond donors (Lipinski definition) is 3. The molecular formula is C9H12BrNO3. The average Bonchev–Trinajstić information content (AvgIpc) is 2.19. The number of methoxy groups -OCH3 is 1. The molecule has 0 saturated heterocycles. The van der Waals surface area contributed by atoms with E-state index in [1.165, 1.54) is 13.2 Å². The van der Waals surface area contributed by atoms with Gasteiger partial charge in [0.1, 0.15) is 0 Å². The SMILES string of the molecule is COc1cc(Br)c([C@@H](N)CO)cc1O. The van der Waals surface area contributed by atoms with Crippen LogP contribution in [-0.4, -0.2) is 23.9 Å². The summed E-state index contributed by atoms with van der Waals surface area (Å²) in [6, 6.07) is 2.57. The number of halogens is 1. The molecule has 14 heavy (non-hydrogen) atoms. The number of nitrogens with two attached hydrogens (primary N) is 1. The van der Waals surface area contributed by atoms with Gasteiger partial charge in [-0.3, -0.25) is 0 Å². The molecule has 0 heterocycles. The molecule has 0 aliphatic heterocycles. The first-order valence-electron chi connectivity index (χ1n) is 4.03. The second-order valence-corrected chi connectivity index (χ2v) is 3.69. The van der Waals surface area contributed by atoms with E-state index in [1.807, 2.05) is 0 Å². The number of phenolic OH excluding ortho intramolecular Hbond substituents is 1. The normalized spacial score (nSPS) is 12.6. The van der Waals surface area contributed by atoms with E-state index >= 15 is 0 Å². The van der Waals surface area contributed by atoms with Crippen molar-refractivity contribution in [3.63, 3.8) is 0 Å². The molecule has 1 atom stereocenters. The van der Waals surface area contributed by atoms with Gasteiger partial charge >= 0.3 is 0 Å². The van der Waals surface area contributed by atoms with Gasteiger partial charge in [0.05, 0.1) is 19.8 Å². The maximum atomic E-state index is 9.48. The van der Waals surface area contributed by atoms with Gasteiger partial charge in [-0.1, -0.05) is 15.9 Å². The van der Waals surface area contributed by atoms with Crippen molar-refractivity contribution in [3.8, 4) is 11.5 Å². The lowest BCUT2D eigenvalue weighted by atomic mass is 10.1. The number of phenols is 1. The minimum atomic E-state index is -0.513. The van der Waals surface area contributed by atoms with Crippen molar-refractivity contribution in [1.29, 1.82) is 0 Å². The van der Waals surface area contributed by atoms with Crippen LogP contribution in [0.25, 0.3) is 0 Å². The van der Waals surface area contributed by atoms with Crippen molar-refractivity contribution in [1.82, 2.24) is 0 Å². The number of ether oxygens (including phenoxy) is 1. The zero-order chi connectivity index (χ0) is 10.7. The lowest BCUT2D eigenvalue weighted by Gasteiger charge is -2.13. The van der Waals surface area contributed by atoms with Crippen LogP contribution < -0.4 is 10.5 Å². The van der Waals surface area contributed by atoms with Gasteiger partial charge in [0.2, 0.25) is 0 Å². The Morgan fingerprint density at radius 3 is 2.71 bits per heavy atom. The van der Waals surface area contributed by atoms with Crippen molar-refractivity contribution in [2.75, 3.05) is 13.7 Å². The largest absolute Gasteiger partial charge is 0.504 e. The third kappa shape index (κ3) is 2.17. The van der Waals surface area contributed by atoms with Crippen molar-refractivity contribution in [3.05, 3.63) is 22.2 Å². The van der Waals surface area contributed by atoms with E-state index in [1.54, 1.807) is 6.07 Å². The van der Waals surface area contributed by atoms with Crippen LogP contribution in [0.1, 0.15) is 11.6 Å². The Balaban J connectivity index is 3.14. The standard InChI is InChI=1S/C9H12BrNO3/c1-14-9-3-6(10)5(2-8(9)13)7(11)4-12/h2-3,7,12-13H,4,11H2,1H3/t7-/m0/s1. The molecule has 78 valence electrons.